The van der Waals surface area contributed by atoms with Gasteiger partial charge in [-0.3, -0.25) is 4.79 Å². The van der Waals surface area contributed by atoms with Crippen molar-refractivity contribution >= 4 is 64.4 Å². The van der Waals surface area contributed by atoms with Crippen LogP contribution >= 0.6 is 46.7 Å². The third kappa shape index (κ3) is 2.63. The summed E-state index contributed by atoms with van der Waals surface area (Å²) in [7, 11) is 0. The molecule has 0 saturated carbocycles. The molecule has 0 spiro atoms. The second-order valence-corrected chi connectivity index (χ2v) is 7.75. The molecule has 1 saturated heterocycles. The fourth-order valence-electron chi connectivity index (χ4n) is 2.36. The highest BCUT2D eigenvalue weighted by atomic mass is 35.5. The molecule has 2 atom stereocenters. The Kier molecular flexibility index (Phi) is 4.57. The zero-order valence-corrected chi connectivity index (χ0v) is 14.9. The number of carbonyl (C=O) groups is 3. The van der Waals surface area contributed by atoms with Gasteiger partial charge in [0, 0.05) is 9.79 Å². The molecule has 0 amide bonds. The van der Waals surface area contributed by atoms with Crippen molar-refractivity contribution < 1.29 is 23.9 Å². The van der Waals surface area contributed by atoms with E-state index in [0.717, 1.165) is 11.8 Å². The number of ketones is 1. The minimum absolute atomic E-state index is 0.0358. The quantitative estimate of drug-likeness (QED) is 0.565. The average molecular weight is 393 g/mol. The molecule has 5 nitrogen and oxygen atoms in total. The van der Waals surface area contributed by atoms with Gasteiger partial charge < -0.3 is 9.47 Å². The van der Waals surface area contributed by atoms with E-state index in [4.69, 9.17) is 32.7 Å². The van der Waals surface area contributed by atoms with E-state index in [1.54, 1.807) is 19.1 Å². The van der Waals surface area contributed by atoms with Gasteiger partial charge >= 0.3 is 11.9 Å². The zero-order chi connectivity index (χ0) is 16.8. The van der Waals surface area contributed by atoms with E-state index in [0.29, 0.717) is 19.8 Å². The van der Waals surface area contributed by atoms with E-state index in [1.807, 2.05) is 0 Å². The standard InChI is InChI=1S/C14H10Cl2O5S2/c1-2-20-13(19)14-5-22-9-6(15)3-4-7(16)10(9)23-11(14)8(17)12(18)21-14/h3-4,11H,2,5H2,1H3. The zero-order valence-electron chi connectivity index (χ0n) is 11.8. The maximum atomic E-state index is 12.4. The number of esters is 2. The highest BCUT2D eigenvalue weighted by molar-refractivity contribution is 8.04. The molecule has 0 N–H and O–H groups in total. The fraction of sp³-hybridized carbons (Fsp3) is 0.357. The second kappa shape index (κ2) is 6.20. The first-order valence-corrected chi connectivity index (χ1v) is 9.24. The normalized spacial score (nSPS) is 26.1. The van der Waals surface area contributed by atoms with Crippen molar-refractivity contribution in [3.63, 3.8) is 0 Å². The van der Waals surface area contributed by atoms with Crippen LogP contribution in [0.2, 0.25) is 10.0 Å². The Morgan fingerprint density at radius 2 is 2.00 bits per heavy atom. The summed E-state index contributed by atoms with van der Waals surface area (Å²) in [5.41, 5.74) is -1.66. The highest BCUT2D eigenvalue weighted by Crippen LogP contribution is 2.52. The predicted octanol–water partition coefficient (Wildman–Crippen LogP) is 2.99. The third-order valence-electron chi connectivity index (χ3n) is 3.44. The molecular formula is C14H10Cl2O5S2. The van der Waals surface area contributed by atoms with Gasteiger partial charge in [0.15, 0.2) is 0 Å². The molecule has 1 fully saturated rings. The molecule has 2 unspecified atom stereocenters. The van der Waals surface area contributed by atoms with Gasteiger partial charge in [0.2, 0.25) is 5.60 Å². The monoisotopic (exact) mass is 392 g/mol. The number of ether oxygens (including phenoxy) is 2. The third-order valence-corrected chi connectivity index (χ3v) is 7.20. The number of hydrogen-bond acceptors (Lipinski definition) is 7. The van der Waals surface area contributed by atoms with Crippen LogP contribution in [0.3, 0.4) is 0 Å². The smallest absolute Gasteiger partial charge is 0.377 e. The largest absolute Gasteiger partial charge is 0.463 e. The predicted molar refractivity (Wildman–Crippen MR) is 87.3 cm³/mol. The summed E-state index contributed by atoms with van der Waals surface area (Å²) in [5.74, 6) is -2.50. The molecule has 9 heteroatoms. The van der Waals surface area contributed by atoms with Crippen molar-refractivity contribution in [1.29, 1.82) is 0 Å². The van der Waals surface area contributed by atoms with Crippen LogP contribution in [0.25, 0.3) is 0 Å². The van der Waals surface area contributed by atoms with Crippen molar-refractivity contribution in [1.82, 2.24) is 0 Å². The van der Waals surface area contributed by atoms with Crippen LogP contribution in [-0.2, 0) is 23.9 Å². The SMILES string of the molecule is CCOC(=O)C12CSc3c(Cl)ccc(Cl)c3SC1C(=O)C(=O)O2. The van der Waals surface area contributed by atoms with Crippen molar-refractivity contribution in [3.8, 4) is 0 Å². The summed E-state index contributed by atoms with van der Waals surface area (Å²) in [6.45, 7) is 1.75. The van der Waals surface area contributed by atoms with E-state index in [2.05, 4.69) is 0 Å². The van der Waals surface area contributed by atoms with E-state index < -0.39 is 28.6 Å². The Bertz CT molecular complexity index is 723. The molecule has 0 aromatic heterocycles. The summed E-state index contributed by atoms with van der Waals surface area (Å²) in [6, 6.07) is 3.25. The average Bonchev–Trinajstić information content (AvgIpc) is 2.67. The summed E-state index contributed by atoms with van der Waals surface area (Å²) < 4.78 is 10.2. The minimum atomic E-state index is -1.66. The molecule has 1 aromatic rings. The molecule has 2 aliphatic heterocycles. The summed E-state index contributed by atoms with van der Waals surface area (Å²) >= 11 is 14.6. The number of rotatable bonds is 2. The Hall–Kier alpha value is -0.890. The van der Waals surface area contributed by atoms with Gasteiger partial charge in [0.25, 0.3) is 5.78 Å². The number of fused-ring (bicyclic) bond motifs is 2. The Morgan fingerprint density at radius 1 is 1.35 bits per heavy atom. The molecule has 1 aromatic carbocycles. The van der Waals surface area contributed by atoms with Crippen molar-refractivity contribution in [2.45, 2.75) is 27.6 Å². The summed E-state index contributed by atoms with van der Waals surface area (Å²) in [6.07, 6.45) is 0. The number of Topliss-reactive ketones (excluding diaryl/α,β-unsaturated/α-hetero) is 1. The number of hydrogen-bond donors (Lipinski definition) is 0. The lowest BCUT2D eigenvalue weighted by Crippen LogP contribution is -2.50. The van der Waals surface area contributed by atoms with Crippen LogP contribution in [-0.4, -0.2) is 40.9 Å². The molecule has 3 rings (SSSR count). The van der Waals surface area contributed by atoms with Crippen LogP contribution in [0.5, 0.6) is 0 Å². The molecule has 0 bridgehead atoms. The molecule has 2 aliphatic rings. The van der Waals surface area contributed by atoms with Crippen LogP contribution in [0.1, 0.15) is 6.92 Å². The fourth-order valence-corrected chi connectivity index (χ4v) is 5.91. The second-order valence-electron chi connectivity index (χ2n) is 4.84. The highest BCUT2D eigenvalue weighted by Gasteiger charge is 2.63. The van der Waals surface area contributed by atoms with Gasteiger partial charge in [-0.25, -0.2) is 9.59 Å². The molecule has 2 heterocycles. The van der Waals surface area contributed by atoms with E-state index in [9.17, 15) is 14.4 Å². The number of thioether (sulfide) groups is 2. The first kappa shape index (κ1) is 17.0. The summed E-state index contributed by atoms with van der Waals surface area (Å²) in [4.78, 5) is 37.6. The van der Waals surface area contributed by atoms with Crippen molar-refractivity contribution in [2.24, 2.45) is 0 Å². The van der Waals surface area contributed by atoms with Gasteiger partial charge in [0.1, 0.15) is 5.25 Å². The Labute approximate surface area is 150 Å². The van der Waals surface area contributed by atoms with Gasteiger partial charge in [-0.2, -0.15) is 0 Å². The number of carbonyl (C=O) groups excluding carboxylic acids is 3. The molecule has 122 valence electrons. The van der Waals surface area contributed by atoms with Crippen molar-refractivity contribution in [3.05, 3.63) is 22.2 Å². The van der Waals surface area contributed by atoms with Gasteiger partial charge in [0.05, 0.1) is 22.4 Å². The maximum Gasteiger partial charge on any atom is 0.377 e. The van der Waals surface area contributed by atoms with E-state index in [1.165, 1.54) is 11.8 Å². The topological polar surface area (TPSA) is 69.7 Å². The molecule has 23 heavy (non-hydrogen) atoms. The Morgan fingerprint density at radius 3 is 2.65 bits per heavy atom. The van der Waals surface area contributed by atoms with Crippen LogP contribution in [0.15, 0.2) is 21.9 Å². The van der Waals surface area contributed by atoms with Crippen LogP contribution in [0.4, 0.5) is 0 Å². The minimum Gasteiger partial charge on any atom is -0.463 e. The van der Waals surface area contributed by atoms with E-state index >= 15 is 0 Å². The van der Waals surface area contributed by atoms with Crippen molar-refractivity contribution in [2.75, 3.05) is 12.4 Å². The van der Waals surface area contributed by atoms with Crippen LogP contribution in [0, 0.1) is 0 Å². The molecule has 0 radical (unpaired) electrons. The molecule has 0 aliphatic carbocycles. The number of benzene rings is 1. The number of halogens is 2. The lowest BCUT2D eigenvalue weighted by molar-refractivity contribution is -0.171. The maximum absolute atomic E-state index is 12.4. The van der Waals surface area contributed by atoms with Gasteiger partial charge in [-0.1, -0.05) is 23.2 Å². The first-order chi connectivity index (χ1) is 10.9. The Balaban J connectivity index is 2.11. The lowest BCUT2D eigenvalue weighted by Gasteiger charge is -2.27. The van der Waals surface area contributed by atoms with Crippen LogP contribution < -0.4 is 0 Å². The van der Waals surface area contributed by atoms with E-state index in [-0.39, 0.29) is 12.4 Å². The van der Waals surface area contributed by atoms with Gasteiger partial charge in [-0.05, 0) is 19.1 Å². The lowest BCUT2D eigenvalue weighted by atomic mass is 10.0. The van der Waals surface area contributed by atoms with Gasteiger partial charge in [-0.15, -0.1) is 23.5 Å². The molecular weight excluding hydrogens is 383 g/mol. The first-order valence-electron chi connectivity index (χ1n) is 6.62. The summed E-state index contributed by atoms with van der Waals surface area (Å²) in [5, 5.41) is -0.188.